The fourth-order valence-electron chi connectivity index (χ4n) is 6.25. The van der Waals surface area contributed by atoms with E-state index in [-0.39, 0.29) is 13.8 Å². The van der Waals surface area contributed by atoms with E-state index >= 15 is 0 Å². The predicted octanol–water partition coefficient (Wildman–Crippen LogP) is 9.30. The fourth-order valence-corrected chi connectivity index (χ4v) is 27.3. The summed E-state index contributed by atoms with van der Waals surface area (Å²) < 4.78 is 6.76. The van der Waals surface area contributed by atoms with Gasteiger partial charge in [-0.1, -0.05) is 98.1 Å². The zero-order valence-electron chi connectivity index (χ0n) is 27.6. The zero-order chi connectivity index (χ0) is 31.0. The molecule has 0 saturated carbocycles. The summed E-state index contributed by atoms with van der Waals surface area (Å²) in [5, 5.41) is 25.4. The summed E-state index contributed by atoms with van der Waals surface area (Å²) in [6.07, 6.45) is 1.38. The molecule has 3 nitrogen and oxygen atoms in total. The van der Waals surface area contributed by atoms with Crippen LogP contribution in [0.1, 0.15) is 73.3 Å². The van der Waals surface area contributed by atoms with Crippen LogP contribution in [0.2, 0.25) is 36.3 Å². The Labute approximate surface area is 271 Å². The van der Waals surface area contributed by atoms with Crippen molar-refractivity contribution >= 4 is 63.2 Å². The second-order valence-corrected chi connectivity index (χ2v) is 33.7. The molecule has 2 aliphatic rings. The molecule has 0 aliphatic carbocycles. The number of benzene rings is 1. The maximum Gasteiger partial charge on any atom is 0.141 e. The Morgan fingerprint density at radius 1 is 0.780 bits per heavy atom. The van der Waals surface area contributed by atoms with Crippen LogP contribution in [0.5, 0.6) is 0 Å². The highest BCUT2D eigenvalue weighted by Crippen LogP contribution is 2.66. The Hall–Kier alpha value is 0.934. The molecule has 236 valence electrons. The molecule has 41 heavy (non-hydrogen) atoms. The standard InChI is InChI=1S/C32H58O3S4Si2/c1-25(33)31(35-24-26-17-13-12-14-18-26,32(38-21-16-22-39-32)41(10,11)29(5,6)7)27(34)23-30(36-19-15-20-37-30)40(8,9)28(2,3)4/h12-14,17-18,25,27,33-34H,15-16,19-24H2,1-11H3/t25-,27-,31?/m0/s1. The topological polar surface area (TPSA) is 49.7 Å². The Balaban J connectivity index is 2.27. The molecule has 2 N–H and O–H groups in total. The van der Waals surface area contributed by atoms with Crippen LogP contribution in [0.25, 0.3) is 0 Å². The van der Waals surface area contributed by atoms with E-state index in [4.69, 9.17) is 4.74 Å². The largest absolute Gasteiger partial charge is 0.390 e. The average molecular weight is 675 g/mol. The molecular formula is C32H58O3S4Si2. The van der Waals surface area contributed by atoms with E-state index in [1.165, 1.54) is 6.42 Å². The number of ether oxygens (including phenoxy) is 1. The van der Waals surface area contributed by atoms with Crippen LogP contribution in [0.3, 0.4) is 0 Å². The molecule has 0 bridgehead atoms. The highest BCUT2D eigenvalue weighted by Gasteiger charge is 2.71. The van der Waals surface area contributed by atoms with Crippen molar-refractivity contribution in [1.29, 1.82) is 0 Å². The van der Waals surface area contributed by atoms with Crippen molar-refractivity contribution in [2.75, 3.05) is 23.0 Å². The van der Waals surface area contributed by atoms with Crippen molar-refractivity contribution in [2.45, 2.75) is 136 Å². The molecule has 2 fully saturated rings. The van der Waals surface area contributed by atoms with Gasteiger partial charge in [0.05, 0.1) is 42.4 Å². The van der Waals surface area contributed by atoms with Crippen LogP contribution >= 0.6 is 47.0 Å². The molecule has 9 heteroatoms. The lowest BCUT2D eigenvalue weighted by atomic mass is 9.89. The van der Waals surface area contributed by atoms with Crippen LogP contribution in [-0.2, 0) is 11.3 Å². The summed E-state index contributed by atoms with van der Waals surface area (Å²) in [7, 11) is -4.19. The Morgan fingerprint density at radius 3 is 1.68 bits per heavy atom. The zero-order valence-corrected chi connectivity index (χ0v) is 32.9. The smallest absolute Gasteiger partial charge is 0.141 e. The van der Waals surface area contributed by atoms with E-state index in [9.17, 15) is 10.2 Å². The minimum atomic E-state index is -2.25. The minimum Gasteiger partial charge on any atom is -0.390 e. The molecule has 3 rings (SSSR count). The second kappa shape index (κ2) is 13.3. The van der Waals surface area contributed by atoms with E-state index in [1.54, 1.807) is 0 Å². The van der Waals surface area contributed by atoms with E-state index < -0.39 is 37.7 Å². The molecule has 3 atom stereocenters. The molecule has 0 radical (unpaired) electrons. The van der Waals surface area contributed by atoms with E-state index in [0.29, 0.717) is 13.0 Å². The summed E-state index contributed by atoms with van der Waals surface area (Å²) in [4.78, 5) is 0. The summed E-state index contributed by atoms with van der Waals surface area (Å²) in [6.45, 7) is 26.7. The van der Waals surface area contributed by atoms with Gasteiger partial charge in [0, 0.05) is 0 Å². The monoisotopic (exact) mass is 674 g/mol. The van der Waals surface area contributed by atoms with Gasteiger partial charge in [-0.3, -0.25) is 0 Å². The highest BCUT2D eigenvalue weighted by atomic mass is 32.2. The third-order valence-corrected chi connectivity index (χ3v) is 36.4. The SMILES string of the molecule is C[C@H](O)C(OCc1ccccc1)([C@@H](O)CC1([Si](C)(C)C(C)(C)C)SCCCS1)C1([Si](C)(C)C(C)(C)C)SCCCS1. The number of hydrogen-bond acceptors (Lipinski definition) is 7. The van der Waals surface area contributed by atoms with Gasteiger partial charge in [0.2, 0.25) is 0 Å². The lowest BCUT2D eigenvalue weighted by molar-refractivity contribution is -0.182. The van der Waals surface area contributed by atoms with Crippen LogP contribution < -0.4 is 0 Å². The first kappa shape index (κ1) is 36.4. The van der Waals surface area contributed by atoms with Crippen LogP contribution in [0.4, 0.5) is 0 Å². The maximum absolute atomic E-state index is 13.0. The minimum absolute atomic E-state index is 0.0474. The molecule has 1 aromatic rings. The predicted molar refractivity (Wildman–Crippen MR) is 195 cm³/mol. The van der Waals surface area contributed by atoms with Gasteiger partial charge < -0.3 is 14.9 Å². The van der Waals surface area contributed by atoms with Gasteiger partial charge in [0.15, 0.2) is 0 Å². The lowest BCUT2D eigenvalue weighted by Gasteiger charge is -2.64. The quantitative estimate of drug-likeness (QED) is 0.240. The Morgan fingerprint density at radius 2 is 1.24 bits per heavy atom. The molecule has 0 aromatic heterocycles. The van der Waals surface area contributed by atoms with E-state index in [1.807, 2.05) is 36.5 Å². The van der Waals surface area contributed by atoms with Crippen molar-refractivity contribution in [3.8, 4) is 0 Å². The van der Waals surface area contributed by atoms with Crippen molar-refractivity contribution < 1.29 is 14.9 Å². The number of aliphatic hydroxyl groups is 2. The number of thioether (sulfide) groups is 4. The summed E-state index contributed by atoms with van der Waals surface area (Å²) >= 11 is 8.19. The van der Waals surface area contributed by atoms with Crippen LogP contribution in [0.15, 0.2) is 30.3 Å². The molecular weight excluding hydrogens is 617 g/mol. The van der Waals surface area contributed by atoms with Gasteiger partial charge in [0.1, 0.15) is 5.60 Å². The summed E-state index contributed by atoms with van der Waals surface area (Å²) in [5.41, 5.74) is -0.0309. The van der Waals surface area contributed by atoms with Crippen molar-refractivity contribution in [3.05, 3.63) is 35.9 Å². The van der Waals surface area contributed by atoms with Gasteiger partial charge in [0.25, 0.3) is 0 Å². The molecule has 2 aliphatic heterocycles. The lowest BCUT2D eigenvalue weighted by Crippen LogP contribution is -2.77. The third kappa shape index (κ3) is 6.60. The van der Waals surface area contributed by atoms with E-state index in [0.717, 1.165) is 35.0 Å². The Kier molecular flexibility index (Phi) is 11.9. The second-order valence-electron chi connectivity index (χ2n) is 15.2. The number of aliphatic hydroxyl groups excluding tert-OH is 2. The molecule has 1 unspecified atom stereocenters. The van der Waals surface area contributed by atoms with Gasteiger partial charge in [-0.25, -0.2) is 0 Å². The van der Waals surface area contributed by atoms with Crippen molar-refractivity contribution in [3.63, 3.8) is 0 Å². The number of hydrogen-bond donors (Lipinski definition) is 2. The molecule has 1 aromatic carbocycles. The van der Waals surface area contributed by atoms with Crippen molar-refractivity contribution in [2.24, 2.45) is 0 Å². The molecule has 2 saturated heterocycles. The normalized spacial score (nSPS) is 23.4. The maximum atomic E-state index is 13.0. The molecule has 2 heterocycles. The van der Waals surface area contributed by atoms with Crippen molar-refractivity contribution in [1.82, 2.24) is 0 Å². The number of rotatable bonds is 10. The highest BCUT2D eigenvalue weighted by molar-refractivity contribution is 8.22. The van der Waals surface area contributed by atoms with Crippen LogP contribution in [-0.4, -0.2) is 74.6 Å². The average Bonchev–Trinajstić information content (AvgIpc) is 2.89. The molecule has 0 amide bonds. The first-order chi connectivity index (χ1) is 18.8. The summed E-state index contributed by atoms with van der Waals surface area (Å²) in [5.74, 6) is 4.34. The van der Waals surface area contributed by atoms with Crippen LogP contribution in [0, 0.1) is 0 Å². The van der Waals surface area contributed by atoms with Gasteiger partial charge in [-0.15, -0.1) is 47.0 Å². The fraction of sp³-hybridized carbons (Fsp3) is 0.812. The third-order valence-electron chi connectivity index (χ3n) is 10.8. The first-order valence-electron chi connectivity index (χ1n) is 15.4. The first-order valence-corrected chi connectivity index (χ1v) is 25.4. The Bertz CT molecular complexity index is 979. The summed E-state index contributed by atoms with van der Waals surface area (Å²) in [6, 6.07) is 10.3. The van der Waals surface area contributed by atoms with E-state index in [2.05, 4.69) is 116 Å². The van der Waals surface area contributed by atoms with Gasteiger partial charge in [-0.2, -0.15) is 0 Å². The molecule has 0 spiro atoms. The van der Waals surface area contributed by atoms with Gasteiger partial charge in [-0.05, 0) is 64.8 Å². The van der Waals surface area contributed by atoms with Gasteiger partial charge >= 0.3 is 0 Å².